The maximum absolute atomic E-state index is 12.6. The van der Waals surface area contributed by atoms with Crippen LogP contribution >= 0.6 is 0 Å². The summed E-state index contributed by atoms with van der Waals surface area (Å²) in [6, 6.07) is 21.2. The fourth-order valence-electron chi connectivity index (χ4n) is 3.66. The standard InChI is InChI=1S/C24H23N3O3/c1-24(15-17-7-3-2-4-8-17)21(28)20(23(30)26-24)22(29)25-16-18-9-11-19(12-10-18)27-13-5-6-14-27/h2-14,28H,15-16H2,1H3,(H,25,29)(H,26,30). The van der Waals surface area contributed by atoms with Gasteiger partial charge in [-0.15, -0.1) is 0 Å². The van der Waals surface area contributed by atoms with Crippen molar-refractivity contribution in [3.63, 3.8) is 0 Å². The highest BCUT2D eigenvalue weighted by molar-refractivity contribution is 6.21. The fraction of sp³-hybridized carbons (Fsp3) is 0.167. The van der Waals surface area contributed by atoms with Gasteiger partial charge in [0.2, 0.25) is 0 Å². The lowest BCUT2D eigenvalue weighted by Gasteiger charge is -2.24. The van der Waals surface area contributed by atoms with Crippen molar-refractivity contribution in [2.24, 2.45) is 0 Å². The fourth-order valence-corrected chi connectivity index (χ4v) is 3.66. The first-order chi connectivity index (χ1) is 14.5. The Labute approximate surface area is 174 Å². The van der Waals surface area contributed by atoms with E-state index < -0.39 is 17.4 Å². The lowest BCUT2D eigenvalue weighted by atomic mass is 9.91. The van der Waals surface area contributed by atoms with Crippen molar-refractivity contribution in [1.82, 2.24) is 15.2 Å². The maximum Gasteiger partial charge on any atom is 0.261 e. The summed E-state index contributed by atoms with van der Waals surface area (Å²) in [5, 5.41) is 16.2. The zero-order chi connectivity index (χ0) is 21.1. The number of nitrogens with zero attached hydrogens (tertiary/aromatic N) is 1. The van der Waals surface area contributed by atoms with Crippen LogP contribution in [0.4, 0.5) is 0 Å². The molecule has 6 heteroatoms. The smallest absolute Gasteiger partial charge is 0.261 e. The van der Waals surface area contributed by atoms with E-state index in [9.17, 15) is 14.7 Å². The summed E-state index contributed by atoms with van der Waals surface area (Å²) in [6.45, 7) is 1.97. The summed E-state index contributed by atoms with van der Waals surface area (Å²) in [5.41, 5.74) is 1.63. The molecule has 30 heavy (non-hydrogen) atoms. The van der Waals surface area contributed by atoms with Crippen molar-refractivity contribution in [2.75, 3.05) is 0 Å². The average Bonchev–Trinajstić information content (AvgIpc) is 3.35. The lowest BCUT2D eigenvalue weighted by Crippen LogP contribution is -2.43. The number of aromatic nitrogens is 1. The van der Waals surface area contributed by atoms with Crippen molar-refractivity contribution in [3.8, 4) is 5.69 Å². The predicted octanol–water partition coefficient (Wildman–Crippen LogP) is 3.04. The van der Waals surface area contributed by atoms with Gasteiger partial charge in [-0.1, -0.05) is 42.5 Å². The number of hydrogen-bond acceptors (Lipinski definition) is 3. The number of aliphatic hydroxyl groups excluding tert-OH is 1. The summed E-state index contributed by atoms with van der Waals surface area (Å²) < 4.78 is 1.99. The van der Waals surface area contributed by atoms with E-state index in [1.54, 1.807) is 6.92 Å². The molecule has 1 aliphatic heterocycles. The van der Waals surface area contributed by atoms with Crippen LogP contribution in [0.1, 0.15) is 18.1 Å². The Balaban J connectivity index is 1.44. The number of hydrogen-bond donors (Lipinski definition) is 3. The molecule has 1 aromatic heterocycles. The first-order valence-electron chi connectivity index (χ1n) is 9.77. The molecule has 2 heterocycles. The van der Waals surface area contributed by atoms with Gasteiger partial charge < -0.3 is 20.3 Å². The van der Waals surface area contributed by atoms with Crippen LogP contribution in [0.25, 0.3) is 5.69 Å². The summed E-state index contributed by atoms with van der Waals surface area (Å²) in [7, 11) is 0. The molecule has 0 spiro atoms. The van der Waals surface area contributed by atoms with E-state index in [-0.39, 0.29) is 17.9 Å². The molecule has 1 aliphatic rings. The summed E-state index contributed by atoms with van der Waals surface area (Å²) in [4.78, 5) is 25.1. The van der Waals surface area contributed by atoms with Gasteiger partial charge in [0, 0.05) is 31.0 Å². The minimum Gasteiger partial charge on any atom is -0.509 e. The third kappa shape index (κ3) is 3.85. The van der Waals surface area contributed by atoms with Crippen LogP contribution < -0.4 is 10.6 Å². The van der Waals surface area contributed by atoms with Crippen LogP contribution in [0.3, 0.4) is 0 Å². The number of benzene rings is 2. The van der Waals surface area contributed by atoms with Crippen molar-refractivity contribution < 1.29 is 14.7 Å². The largest absolute Gasteiger partial charge is 0.509 e. The van der Waals surface area contributed by atoms with E-state index in [0.29, 0.717) is 6.42 Å². The van der Waals surface area contributed by atoms with Crippen LogP contribution in [0, 0.1) is 0 Å². The maximum atomic E-state index is 12.6. The van der Waals surface area contributed by atoms with Crippen molar-refractivity contribution in [3.05, 3.63) is 102 Å². The third-order valence-electron chi connectivity index (χ3n) is 5.30. The zero-order valence-corrected chi connectivity index (χ0v) is 16.6. The summed E-state index contributed by atoms with van der Waals surface area (Å²) >= 11 is 0. The van der Waals surface area contributed by atoms with E-state index in [1.807, 2.05) is 83.7 Å². The second-order valence-electron chi connectivity index (χ2n) is 7.61. The number of rotatable bonds is 6. The van der Waals surface area contributed by atoms with Gasteiger partial charge in [-0.3, -0.25) is 9.59 Å². The molecule has 6 nitrogen and oxygen atoms in total. The zero-order valence-electron chi connectivity index (χ0n) is 16.6. The molecule has 0 radical (unpaired) electrons. The molecule has 0 fully saturated rings. The molecule has 3 N–H and O–H groups in total. The highest BCUT2D eigenvalue weighted by Crippen LogP contribution is 2.29. The normalized spacial score (nSPS) is 18.4. The Morgan fingerprint density at radius 1 is 1.00 bits per heavy atom. The van der Waals surface area contributed by atoms with Gasteiger partial charge in [-0.2, -0.15) is 0 Å². The van der Waals surface area contributed by atoms with Crippen LogP contribution in [0.5, 0.6) is 0 Å². The molecule has 152 valence electrons. The molecule has 1 unspecified atom stereocenters. The minimum absolute atomic E-state index is 0.225. The Morgan fingerprint density at radius 3 is 2.33 bits per heavy atom. The average molecular weight is 401 g/mol. The summed E-state index contributed by atoms with van der Waals surface area (Å²) in [6.07, 6.45) is 4.30. The highest BCUT2D eigenvalue weighted by atomic mass is 16.3. The molecule has 0 bridgehead atoms. The predicted molar refractivity (Wildman–Crippen MR) is 114 cm³/mol. The van der Waals surface area contributed by atoms with Gasteiger partial charge in [-0.25, -0.2) is 0 Å². The first kappa shape index (κ1) is 19.5. The molecule has 2 amide bonds. The Morgan fingerprint density at radius 2 is 1.67 bits per heavy atom. The molecule has 0 saturated carbocycles. The molecule has 0 aliphatic carbocycles. The summed E-state index contributed by atoms with van der Waals surface area (Å²) in [5.74, 6) is -1.38. The van der Waals surface area contributed by atoms with Gasteiger partial charge in [0.25, 0.3) is 11.8 Å². The minimum atomic E-state index is -1.01. The lowest BCUT2D eigenvalue weighted by molar-refractivity contribution is -0.123. The molecule has 1 atom stereocenters. The monoisotopic (exact) mass is 401 g/mol. The molecule has 0 saturated heterocycles. The first-order valence-corrected chi connectivity index (χ1v) is 9.77. The molecule has 2 aromatic carbocycles. The van der Waals surface area contributed by atoms with Crippen molar-refractivity contribution >= 4 is 11.8 Å². The third-order valence-corrected chi connectivity index (χ3v) is 5.30. The van der Waals surface area contributed by atoms with Gasteiger partial charge in [0.05, 0.1) is 5.54 Å². The van der Waals surface area contributed by atoms with E-state index in [4.69, 9.17) is 0 Å². The van der Waals surface area contributed by atoms with Gasteiger partial charge in [-0.05, 0) is 42.3 Å². The number of amides is 2. The van der Waals surface area contributed by atoms with Crippen LogP contribution in [0.15, 0.2) is 90.5 Å². The molecule has 4 rings (SSSR count). The van der Waals surface area contributed by atoms with Gasteiger partial charge in [0.1, 0.15) is 11.3 Å². The highest BCUT2D eigenvalue weighted by Gasteiger charge is 2.44. The number of nitrogens with one attached hydrogen (secondary N) is 2. The molecular weight excluding hydrogens is 378 g/mol. The van der Waals surface area contributed by atoms with Crippen molar-refractivity contribution in [1.29, 1.82) is 0 Å². The van der Waals surface area contributed by atoms with Crippen LogP contribution in [0.2, 0.25) is 0 Å². The quantitative estimate of drug-likeness (QED) is 0.555. The van der Waals surface area contributed by atoms with Crippen LogP contribution in [-0.2, 0) is 22.6 Å². The van der Waals surface area contributed by atoms with E-state index >= 15 is 0 Å². The number of carbonyl (C=O) groups is 2. The molecular formula is C24H23N3O3. The number of carbonyl (C=O) groups excluding carboxylic acids is 2. The Hall–Kier alpha value is -3.80. The second-order valence-corrected chi connectivity index (χ2v) is 7.61. The van der Waals surface area contributed by atoms with Gasteiger partial charge in [0.15, 0.2) is 0 Å². The molecule has 3 aromatic rings. The number of aliphatic hydroxyl groups is 1. The Kier molecular flexibility index (Phi) is 5.14. The van der Waals surface area contributed by atoms with Gasteiger partial charge >= 0.3 is 0 Å². The van der Waals surface area contributed by atoms with E-state index in [1.165, 1.54) is 0 Å². The van der Waals surface area contributed by atoms with E-state index in [0.717, 1.165) is 16.8 Å². The topological polar surface area (TPSA) is 83.4 Å². The van der Waals surface area contributed by atoms with Crippen LogP contribution in [-0.4, -0.2) is 27.0 Å². The SMILES string of the molecule is CC1(Cc2ccccc2)NC(=O)C(C(=O)NCc2ccc(-n3cccc3)cc2)=C1O. The van der Waals surface area contributed by atoms with E-state index in [2.05, 4.69) is 10.6 Å². The Bertz CT molecular complexity index is 1090. The second kappa shape index (κ2) is 7.91. The van der Waals surface area contributed by atoms with Crippen molar-refractivity contribution in [2.45, 2.75) is 25.4 Å².